The zero-order valence-electron chi connectivity index (χ0n) is 11.9. The Morgan fingerprint density at radius 1 is 1.14 bits per heavy atom. The molecule has 0 fully saturated rings. The van der Waals surface area contributed by atoms with Crippen LogP contribution >= 0.6 is 34.8 Å². The maximum Gasteiger partial charge on any atom is 0.279 e. The largest absolute Gasteiger partial charge is 0.333 e. The van der Waals surface area contributed by atoms with E-state index in [1.807, 2.05) is 42.6 Å². The van der Waals surface area contributed by atoms with Crippen LogP contribution in [0.1, 0.15) is 18.5 Å². The van der Waals surface area contributed by atoms with Gasteiger partial charge in [0.25, 0.3) is 5.91 Å². The average Bonchev–Trinajstić information content (AvgIpc) is 2.49. The Labute approximate surface area is 144 Å². The summed E-state index contributed by atoms with van der Waals surface area (Å²) in [6, 6.07) is 13.3. The topological polar surface area (TPSA) is 45.7 Å². The monoisotopic (exact) mass is 357 g/mol. The molecular weight excluding hydrogens is 343 g/mol. The molecular formula is C16H16Cl3N2O+. The van der Waals surface area contributed by atoms with Gasteiger partial charge in [0.15, 0.2) is 6.54 Å². The maximum absolute atomic E-state index is 12.0. The van der Waals surface area contributed by atoms with Crippen LogP contribution in [0.25, 0.3) is 0 Å². The predicted octanol–water partition coefficient (Wildman–Crippen LogP) is 3.91. The minimum Gasteiger partial charge on any atom is -0.333 e. The van der Waals surface area contributed by atoms with E-state index in [1.165, 1.54) is 0 Å². The smallest absolute Gasteiger partial charge is 0.279 e. The third-order valence-electron chi connectivity index (χ3n) is 3.25. The Balaban J connectivity index is 1.94. The molecule has 0 aliphatic carbocycles. The summed E-state index contributed by atoms with van der Waals surface area (Å²) < 4.78 is 0. The number of amides is 1. The molecule has 0 heterocycles. The van der Waals surface area contributed by atoms with Crippen LogP contribution in [-0.2, 0) is 4.79 Å². The molecule has 1 atom stereocenters. The highest BCUT2D eigenvalue weighted by molar-refractivity contribution is 6.42. The van der Waals surface area contributed by atoms with Gasteiger partial charge in [-0.2, -0.15) is 0 Å². The van der Waals surface area contributed by atoms with Crippen molar-refractivity contribution in [1.82, 2.24) is 0 Å². The van der Waals surface area contributed by atoms with Crippen molar-refractivity contribution in [3.8, 4) is 0 Å². The van der Waals surface area contributed by atoms with E-state index in [2.05, 4.69) is 5.32 Å². The van der Waals surface area contributed by atoms with E-state index >= 15 is 0 Å². The fourth-order valence-corrected chi connectivity index (χ4v) is 2.94. The van der Waals surface area contributed by atoms with Crippen molar-refractivity contribution in [2.45, 2.75) is 13.0 Å². The molecule has 2 rings (SSSR count). The number of anilines is 1. The Morgan fingerprint density at radius 3 is 2.32 bits per heavy atom. The molecule has 116 valence electrons. The Kier molecular flexibility index (Phi) is 6.09. The number of carbonyl (C=O) groups is 1. The summed E-state index contributed by atoms with van der Waals surface area (Å²) in [7, 11) is 0. The molecule has 2 aromatic rings. The van der Waals surface area contributed by atoms with Crippen LogP contribution in [0.4, 0.5) is 5.69 Å². The van der Waals surface area contributed by atoms with Gasteiger partial charge in [-0.1, -0.05) is 65.1 Å². The van der Waals surface area contributed by atoms with Gasteiger partial charge >= 0.3 is 0 Å². The minimum absolute atomic E-state index is 0.172. The summed E-state index contributed by atoms with van der Waals surface area (Å²) in [5.41, 5.74) is 1.55. The lowest BCUT2D eigenvalue weighted by Gasteiger charge is -2.12. The quantitative estimate of drug-likeness (QED) is 0.836. The van der Waals surface area contributed by atoms with Gasteiger partial charge in [0, 0.05) is 10.6 Å². The molecule has 22 heavy (non-hydrogen) atoms. The second kappa shape index (κ2) is 7.84. The van der Waals surface area contributed by atoms with Crippen molar-refractivity contribution in [2.75, 3.05) is 11.9 Å². The van der Waals surface area contributed by atoms with E-state index in [-0.39, 0.29) is 18.5 Å². The molecule has 6 heteroatoms. The summed E-state index contributed by atoms with van der Waals surface area (Å²) >= 11 is 17.9. The number of nitrogens with one attached hydrogen (secondary N) is 1. The van der Waals surface area contributed by atoms with Gasteiger partial charge in [0.2, 0.25) is 0 Å². The van der Waals surface area contributed by atoms with Gasteiger partial charge in [0.1, 0.15) is 6.04 Å². The SMILES string of the molecule is C[C@@H]([NH2+]CC(=O)Nc1c(Cl)cc(Cl)cc1Cl)c1ccccc1. The van der Waals surface area contributed by atoms with Crippen LogP contribution in [0.15, 0.2) is 42.5 Å². The predicted molar refractivity (Wildman–Crippen MR) is 91.8 cm³/mol. The molecule has 1 amide bonds. The van der Waals surface area contributed by atoms with E-state index in [9.17, 15) is 4.79 Å². The van der Waals surface area contributed by atoms with Crippen molar-refractivity contribution >= 4 is 46.4 Å². The molecule has 0 aromatic heterocycles. The van der Waals surface area contributed by atoms with E-state index in [1.54, 1.807) is 12.1 Å². The number of hydrogen-bond donors (Lipinski definition) is 2. The maximum atomic E-state index is 12.0. The van der Waals surface area contributed by atoms with E-state index in [0.717, 1.165) is 5.56 Å². The second-order valence-corrected chi connectivity index (χ2v) is 6.18. The van der Waals surface area contributed by atoms with Gasteiger partial charge in [-0.05, 0) is 19.1 Å². The molecule has 0 bridgehead atoms. The first-order valence-corrected chi connectivity index (χ1v) is 7.93. The van der Waals surface area contributed by atoms with Crippen molar-refractivity contribution in [3.63, 3.8) is 0 Å². The Morgan fingerprint density at radius 2 is 1.73 bits per heavy atom. The lowest BCUT2D eigenvalue weighted by atomic mass is 10.1. The van der Waals surface area contributed by atoms with Crippen LogP contribution in [0.3, 0.4) is 0 Å². The number of quaternary nitrogens is 1. The third-order valence-corrected chi connectivity index (χ3v) is 4.07. The molecule has 3 nitrogen and oxygen atoms in total. The van der Waals surface area contributed by atoms with Crippen LogP contribution < -0.4 is 10.6 Å². The Bertz CT molecular complexity index is 639. The normalized spacial score (nSPS) is 12.0. The Hall–Kier alpha value is -1.26. The summed E-state index contributed by atoms with van der Waals surface area (Å²) in [6.45, 7) is 2.32. The number of rotatable bonds is 5. The number of halogens is 3. The summed E-state index contributed by atoms with van der Waals surface area (Å²) in [6.07, 6.45) is 0. The summed E-state index contributed by atoms with van der Waals surface area (Å²) in [4.78, 5) is 12.0. The molecule has 0 radical (unpaired) electrons. The molecule has 0 spiro atoms. The molecule has 3 N–H and O–H groups in total. The van der Waals surface area contributed by atoms with Crippen molar-refractivity contribution in [2.24, 2.45) is 0 Å². The van der Waals surface area contributed by atoms with Crippen LogP contribution in [-0.4, -0.2) is 12.5 Å². The zero-order valence-corrected chi connectivity index (χ0v) is 14.2. The number of hydrogen-bond acceptors (Lipinski definition) is 1. The highest BCUT2D eigenvalue weighted by Gasteiger charge is 2.14. The summed E-state index contributed by atoms with van der Waals surface area (Å²) in [5, 5.41) is 5.74. The van der Waals surface area contributed by atoms with E-state index < -0.39 is 0 Å². The zero-order chi connectivity index (χ0) is 16.1. The molecule has 2 aromatic carbocycles. The van der Waals surface area contributed by atoms with E-state index in [0.29, 0.717) is 20.8 Å². The molecule has 0 unspecified atom stereocenters. The van der Waals surface area contributed by atoms with E-state index in [4.69, 9.17) is 34.8 Å². The average molecular weight is 359 g/mol. The molecule has 0 saturated heterocycles. The van der Waals surface area contributed by atoms with Crippen molar-refractivity contribution in [1.29, 1.82) is 0 Å². The number of benzene rings is 2. The third kappa shape index (κ3) is 4.62. The van der Waals surface area contributed by atoms with Gasteiger partial charge in [-0.25, -0.2) is 0 Å². The first-order chi connectivity index (χ1) is 10.5. The summed E-state index contributed by atoms with van der Waals surface area (Å²) in [5.74, 6) is -0.172. The van der Waals surface area contributed by atoms with Gasteiger partial charge in [-0.3, -0.25) is 4.79 Å². The van der Waals surface area contributed by atoms with Crippen molar-refractivity contribution in [3.05, 3.63) is 63.1 Å². The first kappa shape index (κ1) is 17.1. The fourth-order valence-electron chi connectivity index (χ4n) is 2.03. The molecule has 0 aliphatic rings. The van der Waals surface area contributed by atoms with Gasteiger partial charge in [0.05, 0.1) is 15.7 Å². The van der Waals surface area contributed by atoms with Gasteiger partial charge < -0.3 is 10.6 Å². The van der Waals surface area contributed by atoms with Crippen molar-refractivity contribution < 1.29 is 10.1 Å². The lowest BCUT2D eigenvalue weighted by molar-refractivity contribution is -0.682. The second-order valence-electron chi connectivity index (χ2n) is 4.93. The number of carbonyl (C=O) groups excluding carboxylic acids is 1. The van der Waals surface area contributed by atoms with Crippen LogP contribution in [0.5, 0.6) is 0 Å². The first-order valence-electron chi connectivity index (χ1n) is 6.80. The molecule has 0 saturated carbocycles. The lowest BCUT2D eigenvalue weighted by Crippen LogP contribution is -2.86. The minimum atomic E-state index is -0.172. The highest BCUT2D eigenvalue weighted by Crippen LogP contribution is 2.33. The highest BCUT2D eigenvalue weighted by atomic mass is 35.5. The fraction of sp³-hybridized carbons (Fsp3) is 0.188. The molecule has 0 aliphatic heterocycles. The van der Waals surface area contributed by atoms with Crippen LogP contribution in [0.2, 0.25) is 15.1 Å². The number of nitrogens with two attached hydrogens (primary N) is 1. The van der Waals surface area contributed by atoms with Crippen LogP contribution in [0, 0.1) is 0 Å². The standard InChI is InChI=1S/C16H15Cl3N2O/c1-10(11-5-3-2-4-6-11)20-9-15(22)21-16-13(18)7-12(17)8-14(16)19/h2-8,10,20H,9H2,1H3,(H,21,22)/p+1/t10-/m1/s1. The van der Waals surface area contributed by atoms with Gasteiger partial charge in [-0.15, -0.1) is 0 Å².